The first-order valence-corrected chi connectivity index (χ1v) is 8.67. The summed E-state index contributed by atoms with van der Waals surface area (Å²) in [6, 6.07) is 0. The summed E-state index contributed by atoms with van der Waals surface area (Å²) >= 11 is 0. The van der Waals surface area contributed by atoms with Crippen molar-refractivity contribution in [3.63, 3.8) is 0 Å². The van der Waals surface area contributed by atoms with E-state index in [1.165, 1.54) is 0 Å². The predicted molar refractivity (Wildman–Crippen MR) is 84.4 cm³/mol. The van der Waals surface area contributed by atoms with Gasteiger partial charge in [-0.3, -0.25) is 0 Å². The van der Waals surface area contributed by atoms with Crippen molar-refractivity contribution in [2.24, 2.45) is 17.8 Å². The molecule has 0 aromatic heterocycles. The van der Waals surface area contributed by atoms with Crippen LogP contribution in [-0.4, -0.2) is 23.1 Å². The highest BCUT2D eigenvalue weighted by atomic mass is 16.5. The Morgan fingerprint density at radius 1 is 1.23 bits per heavy atom. The van der Waals surface area contributed by atoms with Gasteiger partial charge < -0.3 is 9.84 Å². The summed E-state index contributed by atoms with van der Waals surface area (Å²) in [4.78, 5) is 24.1. The molecule has 4 nitrogen and oxygen atoms in total. The number of hydrogen-bond acceptors (Lipinski definition) is 3. The summed E-state index contributed by atoms with van der Waals surface area (Å²) in [7, 11) is 0. The lowest BCUT2D eigenvalue weighted by molar-refractivity contribution is -0.146. The van der Waals surface area contributed by atoms with E-state index in [-0.39, 0.29) is 23.9 Å². The minimum Gasteiger partial charge on any atom is -0.478 e. The van der Waals surface area contributed by atoms with E-state index in [4.69, 9.17) is 4.74 Å². The van der Waals surface area contributed by atoms with Crippen LogP contribution in [0.15, 0.2) is 11.1 Å². The van der Waals surface area contributed by atoms with Crippen LogP contribution in [0.1, 0.15) is 65.7 Å². The molecule has 22 heavy (non-hydrogen) atoms. The molecule has 2 aliphatic rings. The molecule has 4 atom stereocenters. The van der Waals surface area contributed by atoms with Crippen molar-refractivity contribution >= 4 is 11.9 Å². The molecule has 0 radical (unpaired) electrons. The lowest BCUT2D eigenvalue weighted by atomic mass is 9.84. The Balaban J connectivity index is 2.08. The number of carboxylic acid groups (broad SMARTS) is 1. The van der Waals surface area contributed by atoms with Crippen molar-refractivity contribution in [1.29, 1.82) is 0 Å². The van der Waals surface area contributed by atoms with Gasteiger partial charge in [0.15, 0.2) is 0 Å². The van der Waals surface area contributed by atoms with Gasteiger partial charge in [0.1, 0.15) is 6.10 Å². The van der Waals surface area contributed by atoms with Crippen LogP contribution >= 0.6 is 0 Å². The van der Waals surface area contributed by atoms with Crippen molar-refractivity contribution in [1.82, 2.24) is 0 Å². The summed E-state index contributed by atoms with van der Waals surface area (Å²) in [5, 5.41) is 9.44. The number of carbonyl (C=O) groups is 2. The van der Waals surface area contributed by atoms with E-state index in [0.717, 1.165) is 44.9 Å². The molecule has 2 bridgehead atoms. The molecule has 2 aliphatic carbocycles. The second kappa shape index (κ2) is 7.30. The molecule has 124 valence electrons. The van der Waals surface area contributed by atoms with Gasteiger partial charge in [-0.05, 0) is 49.9 Å². The van der Waals surface area contributed by atoms with Gasteiger partial charge in [-0.2, -0.15) is 0 Å². The highest BCUT2D eigenvalue weighted by Gasteiger charge is 2.49. The van der Waals surface area contributed by atoms with Crippen LogP contribution in [0.2, 0.25) is 0 Å². The zero-order valence-corrected chi connectivity index (χ0v) is 13.9. The van der Waals surface area contributed by atoms with Gasteiger partial charge >= 0.3 is 11.9 Å². The van der Waals surface area contributed by atoms with Crippen molar-refractivity contribution in [3.05, 3.63) is 11.1 Å². The van der Waals surface area contributed by atoms with Crippen LogP contribution in [0.3, 0.4) is 0 Å². The maximum Gasteiger partial charge on any atom is 0.335 e. The SMILES string of the molecule is CCCCCC(CC)OC(=O)C1=C(C(=O)O)C2CC(C)C1C2. The first kappa shape index (κ1) is 17.0. The summed E-state index contributed by atoms with van der Waals surface area (Å²) in [5.41, 5.74) is 0.793. The number of rotatable bonds is 8. The second-order valence-electron chi connectivity index (χ2n) is 6.82. The maximum atomic E-state index is 12.6. The Kier molecular flexibility index (Phi) is 5.65. The van der Waals surface area contributed by atoms with Gasteiger partial charge in [0, 0.05) is 0 Å². The van der Waals surface area contributed by atoms with Crippen molar-refractivity contribution in [2.45, 2.75) is 71.8 Å². The van der Waals surface area contributed by atoms with E-state index in [0.29, 0.717) is 17.1 Å². The molecule has 0 aromatic carbocycles. The number of carbonyl (C=O) groups excluding carboxylic acids is 1. The monoisotopic (exact) mass is 308 g/mol. The van der Waals surface area contributed by atoms with Gasteiger partial charge in [-0.15, -0.1) is 0 Å². The molecule has 1 fully saturated rings. The van der Waals surface area contributed by atoms with Crippen LogP contribution < -0.4 is 0 Å². The van der Waals surface area contributed by atoms with E-state index < -0.39 is 5.97 Å². The van der Waals surface area contributed by atoms with Crippen molar-refractivity contribution < 1.29 is 19.4 Å². The zero-order valence-electron chi connectivity index (χ0n) is 13.9. The minimum absolute atomic E-state index is 0.0419. The van der Waals surface area contributed by atoms with Crippen LogP contribution in [0, 0.1) is 17.8 Å². The van der Waals surface area contributed by atoms with Crippen LogP contribution in [0.25, 0.3) is 0 Å². The lowest BCUT2D eigenvalue weighted by Gasteiger charge is -2.24. The van der Waals surface area contributed by atoms with Crippen LogP contribution in [-0.2, 0) is 14.3 Å². The molecular formula is C18H28O4. The van der Waals surface area contributed by atoms with Crippen molar-refractivity contribution in [2.75, 3.05) is 0 Å². The molecule has 0 amide bonds. The fourth-order valence-corrected chi connectivity index (χ4v) is 4.04. The molecule has 1 saturated carbocycles. The average molecular weight is 308 g/mol. The Hall–Kier alpha value is -1.32. The molecule has 0 saturated heterocycles. The highest BCUT2D eigenvalue weighted by Crippen LogP contribution is 2.52. The molecule has 4 heteroatoms. The quantitative estimate of drug-likeness (QED) is 0.545. The van der Waals surface area contributed by atoms with E-state index in [2.05, 4.69) is 13.8 Å². The van der Waals surface area contributed by atoms with Gasteiger partial charge in [0.25, 0.3) is 0 Å². The largest absolute Gasteiger partial charge is 0.478 e. The van der Waals surface area contributed by atoms with Crippen LogP contribution in [0.4, 0.5) is 0 Å². The van der Waals surface area contributed by atoms with Gasteiger partial charge in [0.05, 0.1) is 11.1 Å². The minimum atomic E-state index is -0.939. The summed E-state index contributed by atoms with van der Waals surface area (Å²) in [5.74, 6) is -0.807. The molecule has 0 aromatic rings. The third-order valence-corrected chi connectivity index (χ3v) is 5.26. The standard InChI is InChI=1S/C18H28O4/c1-4-6-7-8-13(5-2)22-18(21)16-14-10-12(9-11(14)3)15(16)17(19)20/h11-14H,4-10H2,1-3H3,(H,19,20). The van der Waals surface area contributed by atoms with E-state index >= 15 is 0 Å². The number of ether oxygens (including phenoxy) is 1. The Bertz CT molecular complexity index is 466. The third kappa shape index (κ3) is 3.36. The number of unbranched alkanes of at least 4 members (excludes halogenated alkanes) is 2. The highest BCUT2D eigenvalue weighted by molar-refractivity contribution is 6.01. The molecule has 2 rings (SSSR count). The fourth-order valence-electron chi connectivity index (χ4n) is 4.04. The molecule has 0 aliphatic heterocycles. The van der Waals surface area contributed by atoms with Gasteiger partial charge in [0.2, 0.25) is 0 Å². The van der Waals surface area contributed by atoms with Gasteiger partial charge in [-0.1, -0.05) is 33.6 Å². The fraction of sp³-hybridized carbons (Fsp3) is 0.778. The second-order valence-corrected chi connectivity index (χ2v) is 6.82. The van der Waals surface area contributed by atoms with E-state index in [9.17, 15) is 14.7 Å². The Labute approximate surface area is 132 Å². The van der Waals surface area contributed by atoms with E-state index in [1.54, 1.807) is 0 Å². The predicted octanol–water partition coefficient (Wildman–Crippen LogP) is 3.95. The molecular weight excluding hydrogens is 280 g/mol. The summed E-state index contributed by atoms with van der Waals surface area (Å²) in [6.07, 6.45) is 6.59. The van der Waals surface area contributed by atoms with E-state index in [1.807, 2.05) is 6.92 Å². The molecule has 0 spiro atoms. The number of aliphatic carboxylic acids is 1. The summed E-state index contributed by atoms with van der Waals surface area (Å²) < 4.78 is 5.65. The smallest absolute Gasteiger partial charge is 0.335 e. The topological polar surface area (TPSA) is 63.6 Å². The Morgan fingerprint density at radius 2 is 1.95 bits per heavy atom. The maximum absolute atomic E-state index is 12.6. The third-order valence-electron chi connectivity index (χ3n) is 5.26. The molecule has 0 heterocycles. The Morgan fingerprint density at radius 3 is 2.55 bits per heavy atom. The molecule has 1 N–H and O–H groups in total. The summed E-state index contributed by atoms with van der Waals surface area (Å²) in [6.45, 7) is 6.27. The van der Waals surface area contributed by atoms with Crippen LogP contribution in [0.5, 0.6) is 0 Å². The molecule has 4 unspecified atom stereocenters. The number of fused-ring (bicyclic) bond motifs is 2. The van der Waals surface area contributed by atoms with Gasteiger partial charge in [-0.25, -0.2) is 9.59 Å². The average Bonchev–Trinajstić information content (AvgIpc) is 3.02. The lowest BCUT2D eigenvalue weighted by Crippen LogP contribution is -2.26. The first-order valence-electron chi connectivity index (χ1n) is 8.67. The number of carboxylic acids is 1. The number of esters is 1. The zero-order chi connectivity index (χ0) is 16.3. The number of hydrogen-bond donors (Lipinski definition) is 1. The normalized spacial score (nSPS) is 28.0. The first-order chi connectivity index (χ1) is 10.5. The van der Waals surface area contributed by atoms with Crippen molar-refractivity contribution in [3.8, 4) is 0 Å².